The van der Waals surface area contributed by atoms with E-state index in [0.29, 0.717) is 28.3 Å². The highest BCUT2D eigenvalue weighted by Gasteiger charge is 2.18. The normalized spacial score (nSPS) is 14.1. The van der Waals surface area contributed by atoms with Crippen LogP contribution < -0.4 is 5.32 Å². The highest BCUT2D eigenvalue weighted by atomic mass is 19.1. The molecule has 3 N–H and O–H groups in total. The first kappa shape index (κ1) is 24.5. The van der Waals surface area contributed by atoms with E-state index in [2.05, 4.69) is 41.5 Å². The lowest BCUT2D eigenvalue weighted by Crippen LogP contribution is -2.20. The Morgan fingerprint density at radius 2 is 1.85 bits per heavy atom. The summed E-state index contributed by atoms with van der Waals surface area (Å²) >= 11 is 0. The third-order valence-corrected chi connectivity index (χ3v) is 7.72. The van der Waals surface area contributed by atoms with Crippen LogP contribution in [0.3, 0.4) is 0 Å². The molecule has 0 atom stereocenters. The summed E-state index contributed by atoms with van der Waals surface area (Å²) < 4.78 is 14.2. The zero-order chi connectivity index (χ0) is 27.1. The van der Waals surface area contributed by atoms with E-state index >= 15 is 0 Å². The molecule has 200 valence electrons. The molecule has 5 heterocycles. The molecule has 1 fully saturated rings. The fraction of sp³-hybridized carbons (Fsp3) is 0.258. The fourth-order valence-electron chi connectivity index (χ4n) is 5.75. The molecule has 6 aromatic rings. The monoisotopic (exact) mass is 532 g/mol. The number of aryl methyl sites for hydroxylation is 1. The van der Waals surface area contributed by atoms with Gasteiger partial charge in [-0.1, -0.05) is 12.8 Å². The number of rotatable bonds is 7. The molecule has 5 aromatic heterocycles. The van der Waals surface area contributed by atoms with Gasteiger partial charge in [0.1, 0.15) is 17.0 Å². The van der Waals surface area contributed by atoms with Gasteiger partial charge in [0, 0.05) is 41.6 Å². The molecule has 0 unspecified atom stereocenters. The number of nitrogens with zero attached hydrogens (tertiary/aromatic N) is 5. The predicted molar refractivity (Wildman–Crippen MR) is 154 cm³/mol. The van der Waals surface area contributed by atoms with Crippen molar-refractivity contribution in [1.82, 2.24) is 40.4 Å². The maximum atomic E-state index is 14.2. The van der Waals surface area contributed by atoms with Crippen molar-refractivity contribution in [3.8, 4) is 34.0 Å². The molecule has 1 aliphatic rings. The number of hydrogen-bond donors (Lipinski definition) is 3. The molecule has 0 saturated heterocycles. The van der Waals surface area contributed by atoms with Crippen molar-refractivity contribution in [2.24, 2.45) is 5.92 Å². The van der Waals surface area contributed by atoms with Crippen molar-refractivity contribution >= 4 is 21.9 Å². The molecule has 9 heteroatoms. The zero-order valence-corrected chi connectivity index (χ0v) is 22.2. The summed E-state index contributed by atoms with van der Waals surface area (Å²) in [5.41, 5.74) is 7.98. The van der Waals surface area contributed by atoms with Crippen LogP contribution in [0.15, 0.2) is 61.2 Å². The molecule has 0 amide bonds. The van der Waals surface area contributed by atoms with Crippen molar-refractivity contribution in [3.63, 3.8) is 0 Å². The van der Waals surface area contributed by atoms with E-state index in [9.17, 15) is 4.39 Å². The van der Waals surface area contributed by atoms with E-state index in [1.807, 2.05) is 37.5 Å². The van der Waals surface area contributed by atoms with Gasteiger partial charge in [-0.05, 0) is 79.8 Å². The second kappa shape index (κ2) is 10.2. The number of nitrogens with one attached hydrogen (secondary N) is 3. The summed E-state index contributed by atoms with van der Waals surface area (Å²) in [6.45, 7) is 3.71. The molecular formula is C31H29FN8. The van der Waals surface area contributed by atoms with Crippen molar-refractivity contribution in [3.05, 3.63) is 78.1 Å². The van der Waals surface area contributed by atoms with Crippen LogP contribution in [0, 0.1) is 18.7 Å². The van der Waals surface area contributed by atoms with Gasteiger partial charge in [0.15, 0.2) is 5.82 Å². The number of halogens is 1. The van der Waals surface area contributed by atoms with Crippen LogP contribution in [-0.2, 0) is 6.54 Å². The molecule has 1 aliphatic carbocycles. The fourth-order valence-corrected chi connectivity index (χ4v) is 5.75. The third kappa shape index (κ3) is 4.73. The van der Waals surface area contributed by atoms with Gasteiger partial charge >= 0.3 is 0 Å². The van der Waals surface area contributed by atoms with Gasteiger partial charge in [0.2, 0.25) is 0 Å². The second-order valence-corrected chi connectivity index (χ2v) is 10.7. The molecule has 8 nitrogen and oxygen atoms in total. The Balaban J connectivity index is 1.21. The van der Waals surface area contributed by atoms with E-state index < -0.39 is 0 Å². The minimum atomic E-state index is -0.300. The molecule has 0 bridgehead atoms. The summed E-state index contributed by atoms with van der Waals surface area (Å²) in [5, 5.41) is 12.1. The molecule has 40 heavy (non-hydrogen) atoms. The van der Waals surface area contributed by atoms with Crippen LogP contribution in [-0.4, -0.2) is 41.7 Å². The molecular weight excluding hydrogens is 503 g/mol. The van der Waals surface area contributed by atoms with E-state index in [-0.39, 0.29) is 5.82 Å². The number of aromatic nitrogens is 7. The Hall–Kier alpha value is -4.50. The Bertz CT molecular complexity index is 1810. The zero-order valence-electron chi connectivity index (χ0n) is 22.2. The summed E-state index contributed by atoms with van der Waals surface area (Å²) in [6, 6.07) is 10.9. The average Bonchev–Trinajstić information content (AvgIpc) is 3.71. The number of H-pyrrole nitrogens is 2. The standard InChI is InChI=1S/C31H29FN8/c1-18-8-21(11-23(32)9-18)28-30-25(6-7-35-28)37-31(38-30)29-24-12-26(36-17-27(24)39-40-29)22-10-20(15-34-16-22)14-33-13-19-4-2-3-5-19/h6-12,15-17,19,33H,2-5,13-14H2,1H3,(H,37,38)(H,39,40). The number of aromatic amines is 2. The SMILES string of the molecule is Cc1cc(F)cc(-c2nccc3[nH]c(-c4n[nH]c5cnc(-c6cncc(CNCC7CCCC7)c6)cc45)nc23)c1. The predicted octanol–water partition coefficient (Wildman–Crippen LogP) is 6.35. The molecule has 0 spiro atoms. The van der Waals surface area contributed by atoms with Crippen LogP contribution in [0.4, 0.5) is 4.39 Å². The Labute approximate surface area is 230 Å². The van der Waals surface area contributed by atoms with Gasteiger partial charge in [0.05, 0.1) is 28.6 Å². The second-order valence-electron chi connectivity index (χ2n) is 10.7. The maximum absolute atomic E-state index is 14.2. The Morgan fingerprint density at radius 3 is 2.73 bits per heavy atom. The first-order chi connectivity index (χ1) is 19.6. The largest absolute Gasteiger partial charge is 0.336 e. The smallest absolute Gasteiger partial charge is 0.159 e. The van der Waals surface area contributed by atoms with Gasteiger partial charge in [-0.25, -0.2) is 9.37 Å². The van der Waals surface area contributed by atoms with Gasteiger partial charge < -0.3 is 10.3 Å². The van der Waals surface area contributed by atoms with Crippen LogP contribution >= 0.6 is 0 Å². The number of pyridine rings is 3. The lowest BCUT2D eigenvalue weighted by atomic mass is 10.1. The lowest BCUT2D eigenvalue weighted by molar-refractivity contribution is 0.489. The first-order valence-electron chi connectivity index (χ1n) is 13.7. The van der Waals surface area contributed by atoms with E-state index in [1.165, 1.54) is 37.8 Å². The van der Waals surface area contributed by atoms with Crippen LogP contribution in [0.5, 0.6) is 0 Å². The van der Waals surface area contributed by atoms with Crippen molar-refractivity contribution < 1.29 is 4.39 Å². The minimum absolute atomic E-state index is 0.300. The molecule has 0 radical (unpaired) electrons. The van der Waals surface area contributed by atoms with Gasteiger partial charge in [-0.3, -0.25) is 20.1 Å². The Kier molecular flexibility index (Phi) is 6.28. The minimum Gasteiger partial charge on any atom is -0.336 e. The van der Waals surface area contributed by atoms with E-state index in [0.717, 1.165) is 57.8 Å². The summed E-state index contributed by atoms with van der Waals surface area (Å²) in [4.78, 5) is 21.9. The van der Waals surface area contributed by atoms with Gasteiger partial charge in [0.25, 0.3) is 0 Å². The Morgan fingerprint density at radius 1 is 0.950 bits per heavy atom. The quantitative estimate of drug-likeness (QED) is 0.221. The number of hydrogen-bond acceptors (Lipinski definition) is 6. The van der Waals surface area contributed by atoms with Gasteiger partial charge in [-0.2, -0.15) is 5.10 Å². The van der Waals surface area contributed by atoms with Crippen molar-refractivity contribution in [2.45, 2.75) is 39.2 Å². The first-order valence-corrected chi connectivity index (χ1v) is 13.7. The number of imidazole rings is 1. The summed E-state index contributed by atoms with van der Waals surface area (Å²) in [7, 11) is 0. The van der Waals surface area contributed by atoms with E-state index in [4.69, 9.17) is 4.98 Å². The lowest BCUT2D eigenvalue weighted by Gasteiger charge is -2.11. The average molecular weight is 533 g/mol. The topological polar surface area (TPSA) is 108 Å². The molecule has 1 saturated carbocycles. The third-order valence-electron chi connectivity index (χ3n) is 7.72. The number of benzene rings is 1. The van der Waals surface area contributed by atoms with Crippen molar-refractivity contribution in [1.29, 1.82) is 0 Å². The number of fused-ring (bicyclic) bond motifs is 2. The van der Waals surface area contributed by atoms with Gasteiger partial charge in [-0.15, -0.1) is 0 Å². The van der Waals surface area contributed by atoms with Crippen LogP contribution in [0.25, 0.3) is 56.0 Å². The summed E-state index contributed by atoms with van der Waals surface area (Å²) in [5.74, 6) is 1.10. The molecule has 7 rings (SSSR count). The van der Waals surface area contributed by atoms with Crippen molar-refractivity contribution in [2.75, 3.05) is 6.54 Å². The van der Waals surface area contributed by atoms with Crippen LogP contribution in [0.2, 0.25) is 0 Å². The van der Waals surface area contributed by atoms with E-state index in [1.54, 1.807) is 12.4 Å². The summed E-state index contributed by atoms with van der Waals surface area (Å²) in [6.07, 6.45) is 12.6. The maximum Gasteiger partial charge on any atom is 0.159 e. The highest BCUT2D eigenvalue weighted by Crippen LogP contribution is 2.32. The van der Waals surface area contributed by atoms with Crippen LogP contribution in [0.1, 0.15) is 36.8 Å². The molecule has 0 aliphatic heterocycles. The molecule has 1 aromatic carbocycles. The highest BCUT2D eigenvalue weighted by molar-refractivity contribution is 5.96.